The van der Waals surface area contributed by atoms with Crippen LogP contribution >= 0.6 is 0 Å². The summed E-state index contributed by atoms with van der Waals surface area (Å²) in [5.41, 5.74) is 0.790. The number of fused-ring (bicyclic) bond motifs is 5. The van der Waals surface area contributed by atoms with Crippen molar-refractivity contribution in [2.24, 2.45) is 34.5 Å². The second-order valence-electron chi connectivity index (χ2n) is 11.3. The second kappa shape index (κ2) is 7.61. The van der Waals surface area contributed by atoms with Crippen LogP contribution in [0.25, 0.3) is 0 Å². The first kappa shape index (κ1) is 20.2. The molecule has 0 spiro atoms. The summed E-state index contributed by atoms with van der Waals surface area (Å²) in [4.78, 5) is 0. The average Bonchev–Trinajstić information content (AvgIpc) is 2.94. The van der Waals surface area contributed by atoms with Crippen LogP contribution in [-0.4, -0.2) is 36.4 Å². The highest BCUT2D eigenvalue weighted by molar-refractivity contribution is 5.09. The molecule has 0 saturated heterocycles. The lowest BCUT2D eigenvalue weighted by Gasteiger charge is -2.61. The molecule has 3 heteroatoms. The van der Waals surface area contributed by atoms with Crippen molar-refractivity contribution in [1.82, 2.24) is 10.6 Å². The highest BCUT2D eigenvalue weighted by Gasteiger charge is 2.59. The third kappa shape index (κ3) is 3.51. The van der Waals surface area contributed by atoms with E-state index in [-0.39, 0.29) is 11.5 Å². The van der Waals surface area contributed by atoms with E-state index in [0.717, 1.165) is 49.2 Å². The van der Waals surface area contributed by atoms with Crippen LogP contribution in [0.4, 0.5) is 0 Å². The number of rotatable bonds is 5. The van der Waals surface area contributed by atoms with Crippen molar-refractivity contribution in [3.8, 4) is 0 Å². The summed E-state index contributed by atoms with van der Waals surface area (Å²) in [7, 11) is 0. The zero-order valence-electron chi connectivity index (χ0n) is 18.3. The van der Waals surface area contributed by atoms with E-state index in [1.165, 1.54) is 51.4 Å². The quantitative estimate of drug-likeness (QED) is 0.625. The first-order chi connectivity index (χ1) is 12.8. The van der Waals surface area contributed by atoms with E-state index in [1.807, 2.05) is 0 Å². The molecule has 4 aliphatic rings. The Morgan fingerprint density at radius 3 is 2.41 bits per heavy atom. The second-order valence-corrected chi connectivity index (χ2v) is 11.3. The van der Waals surface area contributed by atoms with Gasteiger partial charge in [0.25, 0.3) is 0 Å². The first-order valence-corrected chi connectivity index (χ1v) is 12.0. The molecular formula is C24H44N2O. The number of hydrogen-bond donors (Lipinski definition) is 3. The van der Waals surface area contributed by atoms with E-state index in [9.17, 15) is 5.11 Å². The third-order valence-corrected chi connectivity index (χ3v) is 9.73. The number of nitrogens with one attached hydrogen (secondary N) is 2. The molecule has 0 aromatic rings. The highest BCUT2D eigenvalue weighted by atomic mass is 16.3. The third-order valence-electron chi connectivity index (χ3n) is 9.73. The van der Waals surface area contributed by atoms with Crippen molar-refractivity contribution in [3.05, 3.63) is 0 Å². The van der Waals surface area contributed by atoms with E-state index in [4.69, 9.17) is 0 Å². The Bertz CT molecular complexity index is 523. The fraction of sp³-hybridized carbons (Fsp3) is 1.00. The van der Waals surface area contributed by atoms with Gasteiger partial charge in [-0.1, -0.05) is 27.7 Å². The van der Waals surface area contributed by atoms with Crippen molar-refractivity contribution in [2.75, 3.05) is 13.1 Å². The summed E-state index contributed by atoms with van der Waals surface area (Å²) >= 11 is 0. The normalized spacial score (nSPS) is 49.6. The molecule has 4 saturated carbocycles. The summed E-state index contributed by atoms with van der Waals surface area (Å²) in [6, 6.07) is 1.32. The molecule has 4 aliphatic carbocycles. The Morgan fingerprint density at radius 2 is 1.63 bits per heavy atom. The monoisotopic (exact) mass is 376 g/mol. The van der Waals surface area contributed by atoms with Gasteiger partial charge in [-0.2, -0.15) is 0 Å². The van der Waals surface area contributed by atoms with Gasteiger partial charge in [-0.15, -0.1) is 0 Å². The summed E-state index contributed by atoms with van der Waals surface area (Å²) in [5.74, 6) is 3.52. The fourth-order valence-electron chi connectivity index (χ4n) is 8.05. The van der Waals surface area contributed by atoms with Crippen molar-refractivity contribution in [3.63, 3.8) is 0 Å². The van der Waals surface area contributed by atoms with E-state index < -0.39 is 0 Å². The molecule has 0 aromatic heterocycles. The maximum Gasteiger partial charge on any atom is 0.0596 e. The number of aliphatic hydroxyl groups is 1. The van der Waals surface area contributed by atoms with Crippen LogP contribution in [0, 0.1) is 34.5 Å². The lowest BCUT2D eigenvalue weighted by molar-refractivity contribution is -0.123. The molecule has 3 nitrogen and oxygen atoms in total. The zero-order valence-corrected chi connectivity index (χ0v) is 18.3. The van der Waals surface area contributed by atoms with Gasteiger partial charge in [-0.25, -0.2) is 0 Å². The number of aliphatic hydroxyl groups excluding tert-OH is 1. The summed E-state index contributed by atoms with van der Waals surface area (Å²) in [6.45, 7) is 11.7. The van der Waals surface area contributed by atoms with Gasteiger partial charge in [0.05, 0.1) is 6.10 Å². The van der Waals surface area contributed by atoms with Crippen LogP contribution in [0.2, 0.25) is 0 Å². The predicted octanol–water partition coefficient (Wildman–Crippen LogP) is 4.35. The van der Waals surface area contributed by atoms with Crippen molar-refractivity contribution in [2.45, 2.75) is 104 Å². The molecular weight excluding hydrogens is 332 g/mol. The number of hydrogen-bond acceptors (Lipinski definition) is 3. The van der Waals surface area contributed by atoms with Gasteiger partial charge in [-0.3, -0.25) is 0 Å². The largest absolute Gasteiger partial charge is 0.393 e. The van der Waals surface area contributed by atoms with E-state index in [1.54, 1.807) is 0 Å². The molecule has 156 valence electrons. The Kier molecular flexibility index (Phi) is 5.68. The molecule has 0 amide bonds. The molecule has 0 radical (unpaired) electrons. The summed E-state index contributed by atoms with van der Waals surface area (Å²) in [6.07, 6.45) is 12.0. The molecule has 4 rings (SSSR count). The lowest BCUT2D eigenvalue weighted by atomic mass is 9.45. The lowest BCUT2D eigenvalue weighted by Crippen LogP contribution is -2.55. The van der Waals surface area contributed by atoms with Gasteiger partial charge in [0, 0.05) is 25.2 Å². The highest BCUT2D eigenvalue weighted by Crippen LogP contribution is 2.66. The Balaban J connectivity index is 1.38. The minimum absolute atomic E-state index is 0.0339. The molecule has 0 bridgehead atoms. The predicted molar refractivity (Wildman–Crippen MR) is 113 cm³/mol. The van der Waals surface area contributed by atoms with Gasteiger partial charge in [-0.05, 0) is 92.3 Å². The zero-order chi connectivity index (χ0) is 19.2. The van der Waals surface area contributed by atoms with Crippen LogP contribution in [-0.2, 0) is 0 Å². The first-order valence-electron chi connectivity index (χ1n) is 12.0. The van der Waals surface area contributed by atoms with Crippen molar-refractivity contribution < 1.29 is 5.11 Å². The molecule has 0 aliphatic heterocycles. The summed E-state index contributed by atoms with van der Waals surface area (Å²) < 4.78 is 0. The van der Waals surface area contributed by atoms with Gasteiger partial charge in [0.1, 0.15) is 0 Å². The van der Waals surface area contributed by atoms with Gasteiger partial charge in [0.15, 0.2) is 0 Å². The Morgan fingerprint density at radius 1 is 0.889 bits per heavy atom. The summed E-state index contributed by atoms with van der Waals surface area (Å²) in [5, 5.41) is 18.0. The van der Waals surface area contributed by atoms with Crippen LogP contribution in [0.15, 0.2) is 0 Å². The van der Waals surface area contributed by atoms with E-state index in [0.29, 0.717) is 11.5 Å². The molecule has 4 fully saturated rings. The molecule has 8 atom stereocenters. The van der Waals surface area contributed by atoms with Crippen LogP contribution < -0.4 is 10.6 Å². The average molecular weight is 377 g/mol. The van der Waals surface area contributed by atoms with Gasteiger partial charge in [0.2, 0.25) is 0 Å². The Labute approximate surface area is 167 Å². The minimum atomic E-state index is -0.0339. The van der Waals surface area contributed by atoms with E-state index in [2.05, 4.69) is 38.3 Å². The van der Waals surface area contributed by atoms with Crippen LogP contribution in [0.3, 0.4) is 0 Å². The molecule has 3 unspecified atom stereocenters. The van der Waals surface area contributed by atoms with E-state index >= 15 is 0 Å². The molecule has 3 N–H and O–H groups in total. The van der Waals surface area contributed by atoms with Crippen LogP contribution in [0.1, 0.15) is 85.5 Å². The maximum absolute atomic E-state index is 10.6. The maximum atomic E-state index is 10.6. The molecule has 27 heavy (non-hydrogen) atoms. The molecule has 0 aromatic carbocycles. The van der Waals surface area contributed by atoms with Crippen LogP contribution in [0.5, 0.6) is 0 Å². The standard InChI is InChI=1S/C24H44N2O/c1-16(2)25-13-14-26-18-9-11-23(3)17(15-18)5-6-19-20-7-8-22(27)24(20,4)12-10-21(19)23/h16-22,25-27H,5-15H2,1-4H3/t17-,18+,19?,20?,21?,22+,23+,24+/m1/s1. The van der Waals surface area contributed by atoms with Gasteiger partial charge < -0.3 is 15.7 Å². The van der Waals surface area contributed by atoms with Crippen molar-refractivity contribution >= 4 is 0 Å². The minimum Gasteiger partial charge on any atom is -0.393 e. The van der Waals surface area contributed by atoms with Gasteiger partial charge >= 0.3 is 0 Å². The van der Waals surface area contributed by atoms with Crippen molar-refractivity contribution in [1.29, 1.82) is 0 Å². The fourth-order valence-corrected chi connectivity index (χ4v) is 8.05. The smallest absolute Gasteiger partial charge is 0.0596 e. The topological polar surface area (TPSA) is 44.3 Å². The SMILES string of the molecule is CC(C)NCCN[C@H]1CC[C@]2(C)C3CC[C@@]4(C)C(CC[C@@H]4O)C3CC[C@@H]2C1. The molecule has 0 heterocycles. The Hall–Kier alpha value is -0.120.